The molecule has 0 aromatic carbocycles. The summed E-state index contributed by atoms with van der Waals surface area (Å²) in [4.78, 5) is 24.1. The number of hydrogen-bond donors (Lipinski definition) is 1. The van der Waals surface area contributed by atoms with Crippen LogP contribution in [0.5, 0.6) is 0 Å². The number of esters is 1. The standard InChI is InChI=1S/C22H32O5Si.H2O/c1-11-12(2)15-10-14(11)17-18(15)21-19(22(25)26-8-9-28(3,4)5)13(20(17)27-21)6-7-16(23)24;/h11-15,17-21H,8-10H2,1-5H3,(H,23,24);1H2. The van der Waals surface area contributed by atoms with Gasteiger partial charge in [-0.05, 0) is 48.0 Å². The zero-order valence-corrected chi connectivity index (χ0v) is 19.0. The molecule has 2 aliphatic carbocycles. The molecule has 0 aromatic heterocycles. The predicted octanol–water partition coefficient (Wildman–Crippen LogP) is 2.30. The Morgan fingerprint density at radius 1 is 1.10 bits per heavy atom. The lowest BCUT2D eigenvalue weighted by molar-refractivity contribution is -0.152. The lowest BCUT2D eigenvalue weighted by atomic mass is 9.59. The molecule has 4 aliphatic rings. The highest BCUT2D eigenvalue weighted by Crippen LogP contribution is 2.68. The van der Waals surface area contributed by atoms with Crippen molar-refractivity contribution in [1.29, 1.82) is 0 Å². The Labute approximate surface area is 174 Å². The van der Waals surface area contributed by atoms with Crippen LogP contribution in [0.1, 0.15) is 20.3 Å². The van der Waals surface area contributed by atoms with Crippen molar-refractivity contribution in [3.63, 3.8) is 0 Å². The number of hydrogen-bond acceptors (Lipinski definition) is 4. The normalized spacial score (nSPS) is 43.9. The number of fused-ring (bicyclic) bond motifs is 9. The maximum Gasteiger partial charge on any atom is 0.381 e. The molecule has 0 amide bonds. The highest BCUT2D eigenvalue weighted by molar-refractivity contribution is 6.76. The molecule has 2 saturated heterocycles. The smallest absolute Gasteiger partial charge is 0.381 e. The van der Waals surface area contributed by atoms with Crippen molar-refractivity contribution in [3.8, 4) is 11.8 Å². The van der Waals surface area contributed by atoms with E-state index >= 15 is 0 Å². The van der Waals surface area contributed by atoms with Gasteiger partial charge in [-0.15, -0.1) is 0 Å². The van der Waals surface area contributed by atoms with Crippen molar-refractivity contribution < 1.29 is 29.6 Å². The van der Waals surface area contributed by atoms with Crippen molar-refractivity contribution in [1.82, 2.24) is 0 Å². The van der Waals surface area contributed by atoms with Gasteiger partial charge in [0.25, 0.3) is 0 Å². The van der Waals surface area contributed by atoms with Gasteiger partial charge >= 0.3 is 11.9 Å². The second-order valence-corrected chi connectivity index (χ2v) is 16.2. The fourth-order valence-electron chi connectivity index (χ4n) is 6.61. The average Bonchev–Trinajstić information content (AvgIpc) is 3.30. The predicted molar refractivity (Wildman–Crippen MR) is 111 cm³/mol. The fraction of sp³-hybridized carbons (Fsp3) is 0.818. The molecule has 29 heavy (non-hydrogen) atoms. The number of carboxylic acids is 1. The van der Waals surface area contributed by atoms with Crippen LogP contribution in [0.3, 0.4) is 0 Å². The monoisotopic (exact) mass is 422 g/mol. The minimum atomic E-state index is -1.29. The third-order valence-electron chi connectivity index (χ3n) is 8.04. The maximum atomic E-state index is 13.0. The molecule has 2 aliphatic heterocycles. The number of ether oxygens (including phenoxy) is 2. The summed E-state index contributed by atoms with van der Waals surface area (Å²) < 4.78 is 12.0. The lowest BCUT2D eigenvalue weighted by Gasteiger charge is -2.42. The van der Waals surface area contributed by atoms with Crippen LogP contribution in [0.25, 0.3) is 0 Å². The molecular formula is C22H34O6Si. The van der Waals surface area contributed by atoms with Crippen LogP contribution >= 0.6 is 0 Å². The topological polar surface area (TPSA) is 104 Å². The lowest BCUT2D eigenvalue weighted by Crippen LogP contribution is -2.48. The fourth-order valence-corrected chi connectivity index (χ4v) is 7.32. The van der Waals surface area contributed by atoms with E-state index in [2.05, 4.69) is 45.3 Å². The third kappa shape index (κ3) is 3.64. The molecular weight excluding hydrogens is 388 g/mol. The molecule has 0 radical (unpaired) electrons. The molecule has 4 bridgehead atoms. The highest BCUT2D eigenvalue weighted by Gasteiger charge is 2.71. The highest BCUT2D eigenvalue weighted by atomic mass is 28.3. The number of carboxylic acid groups (broad SMARTS) is 1. The maximum absolute atomic E-state index is 13.0. The van der Waals surface area contributed by atoms with Gasteiger partial charge in [0.2, 0.25) is 0 Å². The summed E-state index contributed by atoms with van der Waals surface area (Å²) in [6.45, 7) is 11.9. The van der Waals surface area contributed by atoms with Gasteiger partial charge < -0.3 is 20.1 Å². The van der Waals surface area contributed by atoms with E-state index in [1.54, 1.807) is 0 Å². The summed E-state index contributed by atoms with van der Waals surface area (Å²) in [5.41, 5.74) is 0. The van der Waals surface area contributed by atoms with E-state index in [9.17, 15) is 9.59 Å². The Morgan fingerprint density at radius 3 is 2.24 bits per heavy atom. The SMILES string of the molecule is CC1C(C)C2CC1C1C3OC(C(C(=O)OCC[Si](C)(C)C)C3C#CC(=O)O)C21.O. The molecule has 6 nitrogen and oxygen atoms in total. The van der Waals surface area contributed by atoms with Gasteiger partial charge in [-0.25, -0.2) is 4.79 Å². The first-order valence-corrected chi connectivity index (χ1v) is 14.4. The van der Waals surface area contributed by atoms with Gasteiger partial charge in [-0.3, -0.25) is 4.79 Å². The number of aliphatic carboxylic acids is 1. The molecule has 7 heteroatoms. The van der Waals surface area contributed by atoms with E-state index in [0.29, 0.717) is 42.1 Å². The van der Waals surface area contributed by atoms with Crippen molar-refractivity contribution in [3.05, 3.63) is 0 Å². The minimum Gasteiger partial charge on any atom is -0.472 e. The van der Waals surface area contributed by atoms with E-state index in [1.807, 2.05) is 0 Å². The van der Waals surface area contributed by atoms with E-state index in [-0.39, 0.29) is 29.6 Å². The molecule has 0 aromatic rings. The zero-order chi connectivity index (χ0) is 20.4. The van der Waals surface area contributed by atoms with E-state index < -0.39 is 20.0 Å². The van der Waals surface area contributed by atoms with Crippen LogP contribution in [0.4, 0.5) is 0 Å². The summed E-state index contributed by atoms with van der Waals surface area (Å²) in [7, 11) is -1.29. The zero-order valence-electron chi connectivity index (χ0n) is 18.0. The number of carbonyl (C=O) groups excluding carboxylic acids is 1. The van der Waals surface area contributed by atoms with Crippen LogP contribution in [0.2, 0.25) is 25.7 Å². The summed E-state index contributed by atoms with van der Waals surface area (Å²) in [5, 5.41) is 9.04. The Bertz CT molecular complexity index is 734. The largest absolute Gasteiger partial charge is 0.472 e. The summed E-state index contributed by atoms with van der Waals surface area (Å²) in [5.74, 6) is 6.30. The molecule has 10 unspecified atom stereocenters. The van der Waals surface area contributed by atoms with Crippen LogP contribution in [-0.4, -0.2) is 49.4 Å². The van der Waals surface area contributed by atoms with Crippen molar-refractivity contribution in [2.24, 2.45) is 47.3 Å². The van der Waals surface area contributed by atoms with Crippen molar-refractivity contribution >= 4 is 20.0 Å². The first-order chi connectivity index (χ1) is 13.1. The molecule has 4 rings (SSSR count). The summed E-state index contributed by atoms with van der Waals surface area (Å²) in [6, 6.07) is 0.928. The van der Waals surface area contributed by atoms with E-state index in [4.69, 9.17) is 14.6 Å². The molecule has 2 saturated carbocycles. The second kappa shape index (κ2) is 7.71. The summed E-state index contributed by atoms with van der Waals surface area (Å²) >= 11 is 0. The first-order valence-electron chi connectivity index (χ1n) is 10.7. The Hall–Kier alpha value is -1.36. The molecule has 2 heterocycles. The van der Waals surface area contributed by atoms with Crippen LogP contribution in [0, 0.1) is 59.2 Å². The first kappa shape index (κ1) is 22.3. The minimum absolute atomic E-state index is 0. The van der Waals surface area contributed by atoms with Gasteiger partial charge in [-0.2, -0.15) is 0 Å². The van der Waals surface area contributed by atoms with Crippen molar-refractivity contribution in [2.75, 3.05) is 6.61 Å². The molecule has 0 spiro atoms. The quantitative estimate of drug-likeness (QED) is 0.425. The van der Waals surface area contributed by atoms with Gasteiger partial charge in [0, 0.05) is 14.0 Å². The number of carbonyl (C=O) groups is 2. The van der Waals surface area contributed by atoms with Gasteiger partial charge in [0.1, 0.15) is 0 Å². The Balaban J connectivity index is 0.00000240. The van der Waals surface area contributed by atoms with Gasteiger partial charge in [-0.1, -0.05) is 39.4 Å². The van der Waals surface area contributed by atoms with E-state index in [1.165, 1.54) is 6.42 Å². The molecule has 3 N–H and O–H groups in total. The number of rotatable bonds is 4. The molecule has 4 fully saturated rings. The second-order valence-electron chi connectivity index (χ2n) is 10.6. The van der Waals surface area contributed by atoms with E-state index in [0.717, 1.165) is 6.04 Å². The van der Waals surface area contributed by atoms with Gasteiger partial charge in [0.05, 0.1) is 30.7 Å². The van der Waals surface area contributed by atoms with Crippen LogP contribution in [-0.2, 0) is 19.1 Å². The third-order valence-corrected chi connectivity index (χ3v) is 9.74. The molecule has 162 valence electrons. The Morgan fingerprint density at radius 2 is 1.69 bits per heavy atom. The molecule has 10 atom stereocenters. The Kier molecular flexibility index (Phi) is 5.94. The van der Waals surface area contributed by atoms with Crippen LogP contribution < -0.4 is 0 Å². The van der Waals surface area contributed by atoms with Crippen LogP contribution in [0.15, 0.2) is 0 Å². The van der Waals surface area contributed by atoms with Crippen molar-refractivity contribution in [2.45, 2.75) is 58.2 Å². The summed E-state index contributed by atoms with van der Waals surface area (Å²) in [6.07, 6.45) is 0.929. The average molecular weight is 423 g/mol. The van der Waals surface area contributed by atoms with Gasteiger partial charge in [0.15, 0.2) is 0 Å².